The highest BCUT2D eigenvalue weighted by molar-refractivity contribution is 5.95. The molecule has 0 aliphatic rings. The van der Waals surface area contributed by atoms with Crippen molar-refractivity contribution in [1.82, 2.24) is 30.2 Å². The summed E-state index contributed by atoms with van der Waals surface area (Å²) in [6.45, 7) is 2.26. The molecule has 0 saturated heterocycles. The Morgan fingerprint density at radius 1 is 1.11 bits per heavy atom. The van der Waals surface area contributed by atoms with Crippen LogP contribution in [0.5, 0.6) is 0 Å². The molecule has 10 nitrogen and oxygen atoms in total. The predicted octanol–water partition coefficient (Wildman–Crippen LogP) is 1.76. The first-order chi connectivity index (χ1) is 17.0. The molecule has 2 amide bonds. The van der Waals surface area contributed by atoms with E-state index >= 15 is 0 Å². The van der Waals surface area contributed by atoms with Crippen LogP contribution in [0, 0.1) is 6.92 Å². The van der Waals surface area contributed by atoms with Crippen molar-refractivity contribution in [3.63, 3.8) is 0 Å². The van der Waals surface area contributed by atoms with Crippen LogP contribution in [0.3, 0.4) is 0 Å². The third-order valence-corrected chi connectivity index (χ3v) is 5.69. The van der Waals surface area contributed by atoms with Gasteiger partial charge in [-0.1, -0.05) is 18.2 Å². The molecule has 3 aromatic heterocycles. The maximum absolute atomic E-state index is 13.0. The Bertz CT molecular complexity index is 1420. The van der Waals surface area contributed by atoms with E-state index in [1.54, 1.807) is 38.5 Å². The first kappa shape index (κ1) is 23.7. The molecule has 0 spiro atoms. The van der Waals surface area contributed by atoms with Gasteiger partial charge in [-0.05, 0) is 37.1 Å². The molecule has 0 saturated carbocycles. The Morgan fingerprint density at radius 2 is 1.94 bits per heavy atom. The molecule has 35 heavy (non-hydrogen) atoms. The van der Waals surface area contributed by atoms with E-state index < -0.39 is 0 Å². The van der Waals surface area contributed by atoms with Crippen molar-refractivity contribution in [2.24, 2.45) is 0 Å². The van der Waals surface area contributed by atoms with Crippen molar-refractivity contribution in [2.45, 2.75) is 26.4 Å². The van der Waals surface area contributed by atoms with Crippen molar-refractivity contribution >= 4 is 28.5 Å². The smallest absolute Gasteiger partial charge is 0.293 e. The van der Waals surface area contributed by atoms with E-state index in [1.165, 1.54) is 4.57 Å². The largest absolute Gasteiger partial charge is 0.365 e. The lowest BCUT2D eigenvalue weighted by atomic mass is 10.0. The van der Waals surface area contributed by atoms with Gasteiger partial charge >= 0.3 is 0 Å². The van der Waals surface area contributed by atoms with E-state index in [4.69, 9.17) is 0 Å². The van der Waals surface area contributed by atoms with Gasteiger partial charge < -0.3 is 20.9 Å². The summed E-state index contributed by atoms with van der Waals surface area (Å²) in [6, 6.07) is 11.1. The number of amides is 2. The van der Waals surface area contributed by atoms with E-state index in [0.29, 0.717) is 24.2 Å². The van der Waals surface area contributed by atoms with Gasteiger partial charge in [0.2, 0.25) is 5.91 Å². The summed E-state index contributed by atoms with van der Waals surface area (Å²) in [7, 11) is 1.59. The number of rotatable bonds is 9. The molecular formula is C25H27N7O3. The van der Waals surface area contributed by atoms with E-state index in [2.05, 4.69) is 30.9 Å². The number of aromatic amines is 1. The molecule has 0 unspecified atom stereocenters. The van der Waals surface area contributed by atoms with Gasteiger partial charge in [-0.15, -0.1) is 0 Å². The van der Waals surface area contributed by atoms with Gasteiger partial charge in [0, 0.05) is 42.6 Å². The van der Waals surface area contributed by atoms with Gasteiger partial charge in [0.25, 0.3) is 11.5 Å². The Kier molecular flexibility index (Phi) is 7.20. The van der Waals surface area contributed by atoms with E-state index in [1.807, 2.05) is 30.5 Å². The number of hydrogen-bond acceptors (Lipinski definition) is 6. The summed E-state index contributed by atoms with van der Waals surface area (Å²) < 4.78 is 1.38. The lowest BCUT2D eigenvalue weighted by Gasteiger charge is -2.13. The number of H-pyrrole nitrogens is 1. The molecule has 0 aliphatic heterocycles. The topological polar surface area (TPSA) is 134 Å². The normalized spacial score (nSPS) is 10.8. The molecule has 0 fully saturated rings. The number of hydrogen-bond donors (Lipinski definition) is 4. The second kappa shape index (κ2) is 10.6. The maximum atomic E-state index is 13.0. The summed E-state index contributed by atoms with van der Waals surface area (Å²) in [6.07, 6.45) is 5.63. The van der Waals surface area contributed by atoms with Gasteiger partial charge in [-0.2, -0.15) is 0 Å². The molecule has 1 aromatic carbocycles. The Hall–Kier alpha value is -4.47. The Labute approximate surface area is 201 Å². The fourth-order valence-corrected chi connectivity index (χ4v) is 3.78. The second-order valence-electron chi connectivity index (χ2n) is 8.07. The van der Waals surface area contributed by atoms with Crippen LogP contribution in [-0.2, 0) is 24.3 Å². The van der Waals surface area contributed by atoms with E-state index in [0.717, 1.165) is 22.2 Å². The van der Waals surface area contributed by atoms with Crippen LogP contribution in [0.4, 0.5) is 5.82 Å². The molecule has 10 heteroatoms. The number of nitrogens with zero attached hydrogens (tertiary/aromatic N) is 3. The van der Waals surface area contributed by atoms with Crippen molar-refractivity contribution < 1.29 is 9.59 Å². The van der Waals surface area contributed by atoms with Gasteiger partial charge in [0.05, 0.1) is 24.0 Å². The second-order valence-corrected chi connectivity index (χ2v) is 8.07. The van der Waals surface area contributed by atoms with Gasteiger partial charge in [0.1, 0.15) is 6.54 Å². The summed E-state index contributed by atoms with van der Waals surface area (Å²) in [5, 5.41) is 9.50. The third-order valence-electron chi connectivity index (χ3n) is 5.69. The van der Waals surface area contributed by atoms with Crippen LogP contribution < -0.4 is 21.5 Å². The summed E-state index contributed by atoms with van der Waals surface area (Å²) in [4.78, 5) is 49.2. The zero-order valence-electron chi connectivity index (χ0n) is 19.6. The number of carbonyl (C=O) groups is 2. The van der Waals surface area contributed by atoms with Crippen LogP contribution in [0.25, 0.3) is 10.9 Å². The van der Waals surface area contributed by atoms with E-state index in [9.17, 15) is 14.4 Å². The van der Waals surface area contributed by atoms with Crippen molar-refractivity contribution in [1.29, 1.82) is 0 Å². The highest BCUT2D eigenvalue weighted by atomic mass is 16.2. The molecule has 4 N–H and O–H groups in total. The molecule has 0 aliphatic carbocycles. The SMILES string of the molecule is CNC(=O)c1ccccc1CCNc1ncc(C)n(CC(=O)NCc2cc3cc[nH]c3cn2)c1=O. The van der Waals surface area contributed by atoms with Crippen molar-refractivity contribution in [3.8, 4) is 0 Å². The molecule has 4 aromatic rings. The number of nitrogens with one attached hydrogen (secondary N) is 4. The standard InChI is InChI=1S/C25H27N7O3/c1-16-12-31-23(28-10-7-17-5-3-4-6-20(17)24(34)26-2)25(35)32(16)15-22(33)30-13-19-11-18-8-9-27-21(18)14-29-19/h3-6,8-9,11-12,14,27H,7,10,13,15H2,1-2H3,(H,26,34)(H,28,31)(H,30,33). The minimum absolute atomic E-state index is 0.131. The fraction of sp³-hybridized carbons (Fsp3) is 0.240. The molecule has 4 rings (SSSR count). The van der Waals surface area contributed by atoms with Gasteiger partial charge in [0.15, 0.2) is 5.82 Å². The maximum Gasteiger partial charge on any atom is 0.293 e. The van der Waals surface area contributed by atoms with Crippen LogP contribution >= 0.6 is 0 Å². The highest BCUT2D eigenvalue weighted by Crippen LogP contribution is 2.12. The number of fused-ring (bicyclic) bond motifs is 1. The molecule has 3 heterocycles. The van der Waals surface area contributed by atoms with E-state index in [-0.39, 0.29) is 36.3 Å². The molecule has 0 bridgehead atoms. The fourth-order valence-electron chi connectivity index (χ4n) is 3.78. The number of pyridine rings is 1. The van der Waals surface area contributed by atoms with Crippen LogP contribution in [0.1, 0.15) is 27.3 Å². The van der Waals surface area contributed by atoms with Gasteiger partial charge in [-0.3, -0.25) is 23.9 Å². The first-order valence-electron chi connectivity index (χ1n) is 11.2. The molecule has 0 atom stereocenters. The van der Waals surface area contributed by atoms with Crippen LogP contribution in [0.15, 0.2) is 59.8 Å². The number of benzene rings is 1. The predicted molar refractivity (Wildman–Crippen MR) is 133 cm³/mol. The quantitative estimate of drug-likeness (QED) is 0.293. The minimum Gasteiger partial charge on any atom is -0.365 e. The summed E-state index contributed by atoms with van der Waals surface area (Å²) in [5.74, 6) is -0.311. The zero-order valence-corrected chi connectivity index (χ0v) is 19.6. The highest BCUT2D eigenvalue weighted by Gasteiger charge is 2.13. The zero-order chi connectivity index (χ0) is 24.8. The number of aromatic nitrogens is 4. The summed E-state index contributed by atoms with van der Waals surface area (Å²) >= 11 is 0. The Balaban J connectivity index is 1.38. The molecule has 0 radical (unpaired) electrons. The lowest BCUT2D eigenvalue weighted by Crippen LogP contribution is -2.34. The minimum atomic E-state index is -0.383. The number of carbonyl (C=O) groups excluding carboxylic acids is 2. The molecule has 180 valence electrons. The average Bonchev–Trinajstić information content (AvgIpc) is 3.34. The van der Waals surface area contributed by atoms with Crippen molar-refractivity contribution in [3.05, 3.63) is 87.9 Å². The summed E-state index contributed by atoms with van der Waals surface area (Å²) in [5.41, 5.74) is 3.30. The Morgan fingerprint density at radius 3 is 2.77 bits per heavy atom. The third kappa shape index (κ3) is 5.55. The van der Waals surface area contributed by atoms with Gasteiger partial charge in [-0.25, -0.2) is 4.98 Å². The average molecular weight is 474 g/mol. The lowest BCUT2D eigenvalue weighted by molar-refractivity contribution is -0.121. The monoisotopic (exact) mass is 473 g/mol. The van der Waals surface area contributed by atoms with Crippen LogP contribution in [-0.4, -0.2) is 44.9 Å². The van der Waals surface area contributed by atoms with Crippen molar-refractivity contribution in [2.75, 3.05) is 18.9 Å². The number of anilines is 1. The number of aryl methyl sites for hydroxylation is 1. The molecular weight excluding hydrogens is 446 g/mol. The first-order valence-corrected chi connectivity index (χ1v) is 11.2. The van der Waals surface area contributed by atoms with Crippen LogP contribution in [0.2, 0.25) is 0 Å².